The number of rotatable bonds is 3. The molecule has 1 saturated heterocycles. The maximum atomic E-state index is 9.05. The van der Waals surface area contributed by atoms with E-state index in [1.165, 1.54) is 0 Å². The van der Waals surface area contributed by atoms with Gasteiger partial charge in [-0.3, -0.25) is 9.80 Å². The molecule has 0 bridgehead atoms. The van der Waals surface area contributed by atoms with Crippen LogP contribution in [0.2, 0.25) is 0 Å². The van der Waals surface area contributed by atoms with E-state index in [1.807, 2.05) is 30.8 Å². The molecule has 0 radical (unpaired) electrons. The Balaban J connectivity index is 1.71. The molecule has 3 rings (SSSR count). The lowest BCUT2D eigenvalue weighted by Gasteiger charge is -2.37. The van der Waals surface area contributed by atoms with Crippen molar-refractivity contribution in [3.63, 3.8) is 0 Å². The van der Waals surface area contributed by atoms with E-state index < -0.39 is 0 Å². The Kier molecular flexibility index (Phi) is 3.96. The van der Waals surface area contributed by atoms with Gasteiger partial charge in [0.05, 0.1) is 0 Å². The monoisotopic (exact) mass is 300 g/mol. The zero-order valence-corrected chi connectivity index (χ0v) is 13.2. The summed E-state index contributed by atoms with van der Waals surface area (Å²) in [6.45, 7) is 5.43. The molecule has 3 heterocycles. The molecule has 2 aromatic heterocycles. The Hall–Kier alpha value is -2.17. The van der Waals surface area contributed by atoms with Gasteiger partial charge in [0.25, 0.3) is 0 Å². The second-order valence-corrected chi connectivity index (χ2v) is 5.87. The molecule has 1 atom stereocenters. The molecule has 0 spiro atoms. The molecule has 0 saturated carbocycles. The fourth-order valence-electron chi connectivity index (χ4n) is 2.88. The zero-order chi connectivity index (χ0) is 15.7. The third-order valence-electron chi connectivity index (χ3n) is 4.14. The van der Waals surface area contributed by atoms with Gasteiger partial charge in [-0.15, -0.1) is 0 Å². The Morgan fingerprint density at radius 1 is 1.41 bits per heavy atom. The summed E-state index contributed by atoms with van der Waals surface area (Å²) in [7, 11) is 3.98. The SMILES string of the molecule is Cc1noc([C@H]2CN(Cc3cc(C#N)n(C)c3)CCN2C)n1. The van der Waals surface area contributed by atoms with Crippen molar-refractivity contribution in [2.24, 2.45) is 7.05 Å². The van der Waals surface area contributed by atoms with Gasteiger partial charge in [0.1, 0.15) is 17.8 Å². The van der Waals surface area contributed by atoms with Gasteiger partial charge in [-0.2, -0.15) is 10.2 Å². The van der Waals surface area contributed by atoms with Crippen molar-refractivity contribution in [2.75, 3.05) is 26.7 Å². The third kappa shape index (κ3) is 2.89. The minimum absolute atomic E-state index is 0.120. The van der Waals surface area contributed by atoms with Crippen LogP contribution in [0.15, 0.2) is 16.8 Å². The highest BCUT2D eigenvalue weighted by Gasteiger charge is 2.29. The lowest BCUT2D eigenvalue weighted by Crippen LogP contribution is -2.46. The first-order chi connectivity index (χ1) is 10.6. The van der Waals surface area contributed by atoms with Crippen LogP contribution >= 0.6 is 0 Å². The normalized spacial score (nSPS) is 20.2. The summed E-state index contributed by atoms with van der Waals surface area (Å²) < 4.78 is 7.20. The van der Waals surface area contributed by atoms with Gasteiger partial charge < -0.3 is 9.09 Å². The predicted molar refractivity (Wildman–Crippen MR) is 79.8 cm³/mol. The lowest BCUT2D eigenvalue weighted by molar-refractivity contribution is 0.0714. The number of hydrogen-bond acceptors (Lipinski definition) is 6. The van der Waals surface area contributed by atoms with Crippen LogP contribution in [-0.4, -0.2) is 51.2 Å². The molecular formula is C15H20N6O. The summed E-state index contributed by atoms with van der Waals surface area (Å²) in [5.41, 5.74) is 1.84. The van der Waals surface area contributed by atoms with Gasteiger partial charge in [0, 0.05) is 39.4 Å². The minimum Gasteiger partial charge on any atom is -0.342 e. The smallest absolute Gasteiger partial charge is 0.245 e. The van der Waals surface area contributed by atoms with Crippen molar-refractivity contribution in [1.29, 1.82) is 5.26 Å². The Morgan fingerprint density at radius 3 is 2.86 bits per heavy atom. The minimum atomic E-state index is 0.120. The molecule has 7 heteroatoms. The van der Waals surface area contributed by atoms with Crippen molar-refractivity contribution >= 4 is 0 Å². The average Bonchev–Trinajstić information content (AvgIpc) is 3.07. The summed E-state index contributed by atoms with van der Waals surface area (Å²) in [4.78, 5) is 8.97. The topological polar surface area (TPSA) is 74.1 Å². The second-order valence-electron chi connectivity index (χ2n) is 5.87. The van der Waals surface area contributed by atoms with E-state index in [0.29, 0.717) is 17.4 Å². The van der Waals surface area contributed by atoms with Crippen LogP contribution in [0.5, 0.6) is 0 Å². The standard InChI is InChI=1S/C15H20N6O/c1-11-17-15(22-18-11)14-10-21(5-4-19(14)2)9-12-6-13(7-16)20(3)8-12/h6,8,14H,4-5,9-10H2,1-3H3/t14-/m1/s1. The fraction of sp³-hybridized carbons (Fsp3) is 0.533. The van der Waals surface area contributed by atoms with Crippen LogP contribution in [0, 0.1) is 18.3 Å². The maximum absolute atomic E-state index is 9.05. The number of hydrogen-bond donors (Lipinski definition) is 0. The summed E-state index contributed by atoms with van der Waals surface area (Å²) in [6.07, 6.45) is 2.02. The Bertz CT molecular complexity index is 697. The second kappa shape index (κ2) is 5.91. The molecule has 0 aliphatic carbocycles. The molecular weight excluding hydrogens is 280 g/mol. The Labute approximate surface area is 129 Å². The number of piperazine rings is 1. The van der Waals surface area contributed by atoms with Crippen molar-refractivity contribution < 1.29 is 4.52 Å². The van der Waals surface area contributed by atoms with Gasteiger partial charge in [-0.05, 0) is 25.6 Å². The molecule has 116 valence electrons. The number of aryl methyl sites for hydroxylation is 2. The van der Waals surface area contributed by atoms with Gasteiger partial charge in [-0.1, -0.05) is 5.16 Å². The van der Waals surface area contributed by atoms with E-state index in [0.717, 1.165) is 31.7 Å². The van der Waals surface area contributed by atoms with Crippen molar-refractivity contribution in [3.8, 4) is 6.07 Å². The lowest BCUT2D eigenvalue weighted by atomic mass is 10.1. The van der Waals surface area contributed by atoms with Crippen molar-refractivity contribution in [2.45, 2.75) is 19.5 Å². The molecule has 2 aromatic rings. The first-order valence-corrected chi connectivity index (χ1v) is 7.35. The third-order valence-corrected chi connectivity index (χ3v) is 4.14. The summed E-state index contributed by atoms with van der Waals surface area (Å²) in [6, 6.07) is 4.27. The van der Waals surface area contributed by atoms with Gasteiger partial charge in [-0.25, -0.2) is 0 Å². The van der Waals surface area contributed by atoms with E-state index in [1.54, 1.807) is 0 Å². The molecule has 7 nitrogen and oxygen atoms in total. The highest BCUT2D eigenvalue weighted by molar-refractivity contribution is 5.28. The van der Waals surface area contributed by atoms with Crippen LogP contribution in [0.4, 0.5) is 0 Å². The summed E-state index contributed by atoms with van der Waals surface area (Å²) in [5, 5.41) is 12.9. The molecule has 0 N–H and O–H groups in total. The summed E-state index contributed by atoms with van der Waals surface area (Å²) >= 11 is 0. The molecule has 1 fully saturated rings. The quantitative estimate of drug-likeness (QED) is 0.844. The highest BCUT2D eigenvalue weighted by atomic mass is 16.5. The first-order valence-electron chi connectivity index (χ1n) is 7.35. The largest absolute Gasteiger partial charge is 0.342 e. The molecule has 0 amide bonds. The van der Waals surface area contributed by atoms with Gasteiger partial charge in [0.15, 0.2) is 5.82 Å². The molecule has 1 aliphatic heterocycles. The van der Waals surface area contributed by atoms with E-state index in [9.17, 15) is 0 Å². The fourth-order valence-corrected chi connectivity index (χ4v) is 2.88. The van der Waals surface area contributed by atoms with Crippen LogP contribution in [0.1, 0.15) is 29.0 Å². The zero-order valence-electron chi connectivity index (χ0n) is 13.2. The van der Waals surface area contributed by atoms with E-state index >= 15 is 0 Å². The average molecular weight is 300 g/mol. The van der Waals surface area contributed by atoms with Gasteiger partial charge in [0.2, 0.25) is 5.89 Å². The highest BCUT2D eigenvalue weighted by Crippen LogP contribution is 2.24. The van der Waals surface area contributed by atoms with E-state index in [2.05, 4.69) is 33.1 Å². The van der Waals surface area contributed by atoms with Crippen LogP contribution < -0.4 is 0 Å². The van der Waals surface area contributed by atoms with E-state index in [4.69, 9.17) is 9.78 Å². The van der Waals surface area contributed by atoms with Gasteiger partial charge >= 0.3 is 0 Å². The summed E-state index contributed by atoms with van der Waals surface area (Å²) in [5.74, 6) is 1.35. The Morgan fingerprint density at radius 2 is 2.23 bits per heavy atom. The number of likely N-dealkylation sites (N-methyl/N-ethyl adjacent to an activating group) is 1. The number of aromatic nitrogens is 3. The van der Waals surface area contributed by atoms with Crippen LogP contribution in [-0.2, 0) is 13.6 Å². The molecule has 1 aliphatic rings. The van der Waals surface area contributed by atoms with Crippen LogP contribution in [0.3, 0.4) is 0 Å². The van der Waals surface area contributed by atoms with E-state index in [-0.39, 0.29) is 6.04 Å². The number of nitrogens with zero attached hydrogens (tertiary/aromatic N) is 6. The number of nitriles is 1. The molecule has 0 aromatic carbocycles. The van der Waals surface area contributed by atoms with Crippen molar-refractivity contribution in [3.05, 3.63) is 35.2 Å². The maximum Gasteiger partial charge on any atom is 0.245 e. The van der Waals surface area contributed by atoms with Crippen LogP contribution in [0.25, 0.3) is 0 Å². The first kappa shape index (κ1) is 14.8. The molecule has 22 heavy (non-hydrogen) atoms. The van der Waals surface area contributed by atoms with Crippen molar-refractivity contribution in [1.82, 2.24) is 24.5 Å². The predicted octanol–water partition coefficient (Wildman–Crippen LogP) is 1.08. The molecule has 0 unspecified atom stereocenters.